The molecule has 39 heavy (non-hydrogen) atoms. The van der Waals surface area contributed by atoms with Crippen molar-refractivity contribution in [2.75, 3.05) is 6.61 Å². The van der Waals surface area contributed by atoms with E-state index in [1.54, 1.807) is 31.2 Å². The Morgan fingerprint density at radius 3 is 2.38 bits per heavy atom. The molecule has 0 aliphatic carbocycles. The van der Waals surface area contributed by atoms with Crippen LogP contribution in [0.25, 0.3) is 17.0 Å². The van der Waals surface area contributed by atoms with E-state index in [9.17, 15) is 9.90 Å². The Morgan fingerprint density at radius 2 is 1.72 bits per heavy atom. The predicted molar refractivity (Wildman–Crippen MR) is 162 cm³/mol. The zero-order valence-electron chi connectivity index (χ0n) is 21.4. The highest BCUT2D eigenvalue weighted by molar-refractivity contribution is 8.18. The fraction of sp³-hybridized carbons (Fsp3) is 0.161. The molecule has 5 rings (SSSR count). The van der Waals surface area contributed by atoms with Crippen molar-refractivity contribution < 1.29 is 14.6 Å². The third-order valence-corrected chi connectivity index (χ3v) is 7.90. The Morgan fingerprint density at radius 1 is 1.03 bits per heavy atom. The van der Waals surface area contributed by atoms with Crippen molar-refractivity contribution in [3.05, 3.63) is 116 Å². The lowest BCUT2D eigenvalue weighted by atomic mass is 10.1. The number of carbonyl (C=O) groups is 1. The minimum atomic E-state index is -0.614. The van der Waals surface area contributed by atoms with Crippen LogP contribution >= 0.6 is 35.0 Å². The minimum Gasteiger partial charge on any atom is -0.506 e. The molecule has 1 N–H and O–H groups in total. The molecule has 0 bridgehead atoms. The van der Waals surface area contributed by atoms with Crippen LogP contribution in [0.1, 0.15) is 30.5 Å². The van der Waals surface area contributed by atoms with Crippen molar-refractivity contribution in [1.82, 2.24) is 4.57 Å². The van der Waals surface area contributed by atoms with Crippen molar-refractivity contribution in [2.24, 2.45) is 4.99 Å². The molecule has 1 aliphatic rings. The van der Waals surface area contributed by atoms with Crippen molar-refractivity contribution in [2.45, 2.75) is 26.8 Å². The second kappa shape index (κ2) is 11.7. The van der Waals surface area contributed by atoms with Crippen LogP contribution in [0.15, 0.2) is 94.2 Å². The molecule has 0 radical (unpaired) electrons. The van der Waals surface area contributed by atoms with Gasteiger partial charge in [0, 0.05) is 33.7 Å². The van der Waals surface area contributed by atoms with Crippen LogP contribution in [0.2, 0.25) is 10.0 Å². The molecule has 1 aliphatic heterocycles. The van der Waals surface area contributed by atoms with E-state index in [0.717, 1.165) is 28.5 Å². The number of hydrogen-bond acceptors (Lipinski definition) is 5. The third kappa shape index (κ3) is 5.78. The number of aryl methyl sites for hydroxylation is 1. The van der Waals surface area contributed by atoms with Gasteiger partial charge in [0.2, 0.25) is 0 Å². The van der Waals surface area contributed by atoms with Crippen LogP contribution in [-0.2, 0) is 22.5 Å². The third-order valence-electron chi connectivity index (χ3n) is 6.37. The molecule has 0 fully saturated rings. The van der Waals surface area contributed by atoms with E-state index in [1.165, 1.54) is 17.3 Å². The molecule has 1 aromatic heterocycles. The summed E-state index contributed by atoms with van der Waals surface area (Å²) < 4.78 is 7.47. The fourth-order valence-electron chi connectivity index (χ4n) is 4.54. The van der Waals surface area contributed by atoms with Gasteiger partial charge in [0.15, 0.2) is 0 Å². The Kier molecular flexibility index (Phi) is 8.17. The molecule has 2 heterocycles. The topological polar surface area (TPSA) is 63.8 Å². The molecule has 5 nitrogen and oxygen atoms in total. The monoisotopic (exact) mass is 576 g/mol. The zero-order chi connectivity index (χ0) is 27.5. The van der Waals surface area contributed by atoms with E-state index in [0.29, 0.717) is 32.2 Å². The molecule has 0 unspecified atom stereocenters. The first-order valence-corrected chi connectivity index (χ1v) is 14.1. The number of aromatic nitrogens is 1. The van der Waals surface area contributed by atoms with Gasteiger partial charge in [-0.2, -0.15) is 0 Å². The SMILES string of the molecule is CCOC(=O)C1=C(O)/C(=C/c2cn(Cc3ccc(Cl)cc3)c3c(CC)cccc23)SC1=Nc1ccc(Cl)cc1. The van der Waals surface area contributed by atoms with Gasteiger partial charge in [-0.3, -0.25) is 0 Å². The number of benzene rings is 3. The normalized spacial score (nSPS) is 15.6. The molecule has 0 saturated carbocycles. The summed E-state index contributed by atoms with van der Waals surface area (Å²) in [4.78, 5) is 18.0. The summed E-state index contributed by atoms with van der Waals surface area (Å²) in [5.41, 5.74) is 5.09. The summed E-state index contributed by atoms with van der Waals surface area (Å²) in [7, 11) is 0. The Hall–Kier alpha value is -3.45. The predicted octanol–water partition coefficient (Wildman–Crippen LogP) is 8.75. The lowest BCUT2D eigenvalue weighted by Crippen LogP contribution is -2.12. The van der Waals surface area contributed by atoms with Gasteiger partial charge in [0.25, 0.3) is 0 Å². The van der Waals surface area contributed by atoms with Crippen molar-refractivity contribution >= 4 is 68.6 Å². The number of para-hydroxylation sites is 1. The van der Waals surface area contributed by atoms with Crippen LogP contribution in [0, 0.1) is 0 Å². The van der Waals surface area contributed by atoms with Gasteiger partial charge in [0.05, 0.1) is 22.7 Å². The van der Waals surface area contributed by atoms with Crippen LogP contribution < -0.4 is 0 Å². The lowest BCUT2D eigenvalue weighted by Gasteiger charge is -2.09. The van der Waals surface area contributed by atoms with Crippen LogP contribution in [0.3, 0.4) is 0 Å². The molecule has 0 saturated heterocycles. The number of aliphatic hydroxyl groups is 1. The molecule has 4 aromatic rings. The van der Waals surface area contributed by atoms with Gasteiger partial charge >= 0.3 is 5.97 Å². The van der Waals surface area contributed by atoms with E-state index in [4.69, 9.17) is 27.9 Å². The second-order valence-electron chi connectivity index (χ2n) is 8.95. The van der Waals surface area contributed by atoms with Gasteiger partial charge in [-0.25, -0.2) is 9.79 Å². The highest BCUT2D eigenvalue weighted by Crippen LogP contribution is 2.41. The van der Waals surface area contributed by atoms with E-state index in [2.05, 4.69) is 34.8 Å². The van der Waals surface area contributed by atoms with Gasteiger partial charge in [-0.05, 0) is 66.9 Å². The average molecular weight is 578 g/mol. The summed E-state index contributed by atoms with van der Waals surface area (Å²) in [6, 6.07) is 21.1. The van der Waals surface area contributed by atoms with Crippen molar-refractivity contribution in [3.63, 3.8) is 0 Å². The molecule has 0 atom stereocenters. The highest BCUT2D eigenvalue weighted by Gasteiger charge is 2.33. The second-order valence-corrected chi connectivity index (χ2v) is 10.9. The first kappa shape index (κ1) is 27.1. The first-order chi connectivity index (χ1) is 18.9. The number of halogens is 2. The van der Waals surface area contributed by atoms with Crippen LogP contribution in [0.5, 0.6) is 0 Å². The number of fused-ring (bicyclic) bond motifs is 1. The molecule has 8 heteroatoms. The number of nitrogens with zero attached hydrogens (tertiary/aromatic N) is 2. The van der Waals surface area contributed by atoms with E-state index >= 15 is 0 Å². The van der Waals surface area contributed by atoms with Gasteiger partial charge < -0.3 is 14.4 Å². The maximum absolute atomic E-state index is 12.8. The van der Waals surface area contributed by atoms with Gasteiger partial charge in [-0.15, -0.1) is 0 Å². The van der Waals surface area contributed by atoms with Crippen molar-refractivity contribution in [1.29, 1.82) is 0 Å². The molecule has 3 aromatic carbocycles. The maximum Gasteiger partial charge on any atom is 0.344 e. The van der Waals surface area contributed by atoms with Crippen LogP contribution in [-0.4, -0.2) is 27.3 Å². The smallest absolute Gasteiger partial charge is 0.344 e. The summed E-state index contributed by atoms with van der Waals surface area (Å²) in [6.07, 6.45) is 4.87. The van der Waals surface area contributed by atoms with Gasteiger partial charge in [-0.1, -0.05) is 72.2 Å². The maximum atomic E-state index is 12.8. The first-order valence-electron chi connectivity index (χ1n) is 12.6. The lowest BCUT2D eigenvalue weighted by molar-refractivity contribution is -0.138. The molecule has 198 valence electrons. The summed E-state index contributed by atoms with van der Waals surface area (Å²) in [6.45, 7) is 4.72. The highest BCUT2D eigenvalue weighted by atomic mass is 35.5. The minimum absolute atomic E-state index is 0.0576. The Bertz CT molecular complexity index is 1640. The summed E-state index contributed by atoms with van der Waals surface area (Å²) >= 11 is 13.4. The number of esters is 1. The van der Waals surface area contributed by atoms with E-state index < -0.39 is 5.97 Å². The summed E-state index contributed by atoms with van der Waals surface area (Å²) in [5.74, 6) is -0.756. The Labute approximate surface area is 241 Å². The number of hydrogen-bond donors (Lipinski definition) is 1. The zero-order valence-corrected chi connectivity index (χ0v) is 23.8. The van der Waals surface area contributed by atoms with Crippen molar-refractivity contribution in [3.8, 4) is 0 Å². The molecule has 0 amide bonds. The van der Waals surface area contributed by atoms with E-state index in [-0.39, 0.29) is 17.9 Å². The average Bonchev–Trinajstić information content (AvgIpc) is 3.43. The number of rotatable bonds is 7. The number of ether oxygens (including phenoxy) is 1. The van der Waals surface area contributed by atoms with Gasteiger partial charge in [0.1, 0.15) is 16.4 Å². The molecule has 0 spiro atoms. The number of aliphatic hydroxyl groups excluding tert-OH is 1. The molecular weight excluding hydrogens is 551 g/mol. The number of thioether (sulfide) groups is 1. The number of aliphatic imine (C=N–C) groups is 1. The summed E-state index contributed by atoms with van der Waals surface area (Å²) in [5, 5.41) is 13.9. The largest absolute Gasteiger partial charge is 0.506 e. The van der Waals surface area contributed by atoms with Crippen LogP contribution in [0.4, 0.5) is 5.69 Å². The van der Waals surface area contributed by atoms with E-state index in [1.807, 2.05) is 36.4 Å². The molecular formula is C31H26Cl2N2O3S. The Balaban J connectivity index is 1.61. The quantitative estimate of drug-likeness (QED) is 0.223. The fourth-order valence-corrected chi connectivity index (χ4v) is 5.82. The number of carbonyl (C=O) groups excluding carboxylic acids is 1. The standard InChI is InChI=1S/C31H26Cl2N2O3S/c1-3-20-6-5-7-25-21(18-35(28(20)25)17-19-8-10-22(32)11-9-19)16-26-29(36)27(31(37)38-4-2)30(39-26)34-24-14-12-23(33)13-15-24/h5-16,18,36H,3-4,17H2,1-2H3/b26-16-,34-30?.